The van der Waals surface area contributed by atoms with E-state index in [0.717, 1.165) is 10.9 Å². The molecule has 0 bridgehead atoms. The monoisotopic (exact) mass is 723 g/mol. The van der Waals surface area contributed by atoms with Gasteiger partial charge in [-0.2, -0.15) is 0 Å². The quantitative estimate of drug-likeness (QED) is 0.0738. The summed E-state index contributed by atoms with van der Waals surface area (Å²) in [6.07, 6.45) is -0.460. The first kappa shape index (κ1) is 41.1. The van der Waals surface area contributed by atoms with E-state index in [9.17, 15) is 44.1 Å². The van der Waals surface area contributed by atoms with Gasteiger partial charge in [0.25, 0.3) is 0 Å². The lowest BCUT2D eigenvalue weighted by molar-refractivity contribution is -0.145. The molecule has 282 valence electrons. The number of H-pyrrole nitrogens is 1. The van der Waals surface area contributed by atoms with Gasteiger partial charge in [-0.05, 0) is 37.0 Å². The lowest BCUT2D eigenvalue weighted by atomic mass is 9.97. The fourth-order valence-corrected chi connectivity index (χ4v) is 5.40. The van der Waals surface area contributed by atoms with E-state index in [1.807, 2.05) is 24.3 Å². The number of aliphatic hydroxyl groups excluding tert-OH is 2. The van der Waals surface area contributed by atoms with Crippen molar-refractivity contribution in [1.29, 1.82) is 0 Å². The highest BCUT2D eigenvalue weighted by Crippen LogP contribution is 2.19. The molecule has 11 N–H and O–H groups in total. The molecule has 2 aromatic carbocycles. The molecule has 0 saturated heterocycles. The maximum absolute atomic E-state index is 13.9. The summed E-state index contributed by atoms with van der Waals surface area (Å²) in [6, 6.07) is 9.58. The normalized spacial score (nSPS) is 15.8. The van der Waals surface area contributed by atoms with E-state index in [-0.39, 0.29) is 12.8 Å². The van der Waals surface area contributed by atoms with Crippen molar-refractivity contribution < 1.29 is 44.1 Å². The molecule has 0 saturated carbocycles. The van der Waals surface area contributed by atoms with Crippen molar-refractivity contribution >= 4 is 46.4 Å². The number of fused-ring (bicyclic) bond motifs is 1. The van der Waals surface area contributed by atoms with Crippen LogP contribution in [0.4, 0.5) is 0 Å². The maximum atomic E-state index is 13.9. The van der Waals surface area contributed by atoms with Crippen LogP contribution in [0.5, 0.6) is 0 Å². The number of amides is 5. The van der Waals surface area contributed by atoms with Crippen molar-refractivity contribution in [2.75, 3.05) is 6.54 Å². The van der Waals surface area contributed by atoms with Crippen molar-refractivity contribution in [2.24, 2.45) is 11.7 Å². The minimum absolute atomic E-state index is 0.00700. The average molecular weight is 724 g/mol. The number of aliphatic hydroxyl groups is 2. The van der Waals surface area contributed by atoms with Gasteiger partial charge in [0.2, 0.25) is 29.5 Å². The highest BCUT2D eigenvalue weighted by Gasteiger charge is 2.33. The van der Waals surface area contributed by atoms with E-state index >= 15 is 0 Å². The van der Waals surface area contributed by atoms with E-state index < -0.39 is 90.4 Å². The van der Waals surface area contributed by atoms with E-state index in [0.29, 0.717) is 17.5 Å². The first-order chi connectivity index (χ1) is 24.6. The van der Waals surface area contributed by atoms with E-state index in [1.165, 1.54) is 13.8 Å². The maximum Gasteiger partial charge on any atom is 0.328 e. The number of rotatable bonds is 19. The van der Waals surface area contributed by atoms with Gasteiger partial charge in [0.15, 0.2) is 6.04 Å². The standard InChI is InChI=1S/C36H49N7O9/c1-5-19(2)30(35(50)43-31(21(4)45)36(51)52)42-28(46)18-39-32(47)26(15-22-11-7-6-8-12-22)40-33(48)27(41-34(49)29(37)20(3)44)16-23-17-38-25-14-10-9-13-24(23)25/h6-14,17,19-21,26-27,29-31,38,44-45H,5,15-16,18,37H2,1-4H3,(H,39,47)(H,40,48)(H,41,49)(H,42,46)(H,43,50)(H,51,52)/t19-,20+,21+,26-,27-,29-,30-,31-/m0/s1. The molecule has 3 aromatic rings. The van der Waals surface area contributed by atoms with Crippen LogP contribution in [0.15, 0.2) is 60.8 Å². The zero-order valence-corrected chi connectivity index (χ0v) is 29.6. The first-order valence-electron chi connectivity index (χ1n) is 17.0. The van der Waals surface area contributed by atoms with Crippen LogP contribution in [0.2, 0.25) is 0 Å². The third kappa shape index (κ3) is 11.6. The molecule has 16 nitrogen and oxygen atoms in total. The molecule has 8 atom stereocenters. The number of hydrogen-bond donors (Lipinski definition) is 10. The van der Waals surface area contributed by atoms with Crippen LogP contribution in [0.3, 0.4) is 0 Å². The summed E-state index contributed by atoms with van der Waals surface area (Å²) in [7, 11) is 0. The van der Waals surface area contributed by atoms with Gasteiger partial charge in [-0.1, -0.05) is 68.8 Å². The second-order valence-corrected chi connectivity index (χ2v) is 12.9. The average Bonchev–Trinajstić information content (AvgIpc) is 3.52. The number of aliphatic carboxylic acids is 1. The summed E-state index contributed by atoms with van der Waals surface area (Å²) in [6.45, 7) is 5.39. The molecular weight excluding hydrogens is 674 g/mol. The second-order valence-electron chi connectivity index (χ2n) is 12.9. The van der Waals surface area contributed by atoms with E-state index in [1.54, 1.807) is 50.4 Å². The largest absolute Gasteiger partial charge is 0.480 e. The van der Waals surface area contributed by atoms with Crippen LogP contribution < -0.4 is 32.3 Å². The molecule has 52 heavy (non-hydrogen) atoms. The number of benzene rings is 2. The van der Waals surface area contributed by atoms with Crippen LogP contribution in [-0.2, 0) is 41.6 Å². The summed E-state index contributed by atoms with van der Waals surface area (Å²) in [5.41, 5.74) is 8.05. The topological polar surface area (TPSA) is 265 Å². The number of nitrogens with one attached hydrogen (secondary N) is 6. The van der Waals surface area contributed by atoms with Gasteiger partial charge in [-0.15, -0.1) is 0 Å². The van der Waals surface area contributed by atoms with Crippen molar-refractivity contribution in [2.45, 2.75) is 89.4 Å². The van der Waals surface area contributed by atoms with Crippen LogP contribution in [-0.4, -0.2) is 105 Å². The van der Waals surface area contributed by atoms with Crippen LogP contribution >= 0.6 is 0 Å². The molecule has 0 fully saturated rings. The molecule has 0 radical (unpaired) electrons. The molecule has 3 rings (SSSR count). The number of carboxylic acid groups (broad SMARTS) is 1. The summed E-state index contributed by atoms with van der Waals surface area (Å²) in [5, 5.41) is 42.4. The number of aromatic amines is 1. The zero-order valence-electron chi connectivity index (χ0n) is 29.6. The molecule has 16 heteroatoms. The Balaban J connectivity index is 1.80. The van der Waals surface area contributed by atoms with Crippen LogP contribution in [0.25, 0.3) is 10.9 Å². The summed E-state index contributed by atoms with van der Waals surface area (Å²) in [5.74, 6) is -5.73. The Bertz CT molecular complexity index is 1700. The highest BCUT2D eigenvalue weighted by molar-refractivity contribution is 5.96. The van der Waals surface area contributed by atoms with Gasteiger partial charge in [0.1, 0.15) is 24.2 Å². The van der Waals surface area contributed by atoms with Gasteiger partial charge in [-0.25, -0.2) is 4.79 Å². The Morgan fingerprint density at radius 2 is 1.35 bits per heavy atom. The molecular formula is C36H49N7O9. The van der Waals surface area contributed by atoms with E-state index in [2.05, 4.69) is 31.6 Å². The lowest BCUT2D eigenvalue weighted by Gasteiger charge is -2.27. The minimum atomic E-state index is -1.61. The van der Waals surface area contributed by atoms with Crippen molar-refractivity contribution in [3.63, 3.8) is 0 Å². The number of para-hydroxylation sites is 1. The fraction of sp³-hybridized carbons (Fsp3) is 0.444. The van der Waals surface area contributed by atoms with Gasteiger partial charge in [0.05, 0.1) is 18.8 Å². The fourth-order valence-electron chi connectivity index (χ4n) is 5.40. The van der Waals surface area contributed by atoms with Crippen molar-refractivity contribution in [3.8, 4) is 0 Å². The Morgan fingerprint density at radius 1 is 0.731 bits per heavy atom. The third-order valence-corrected chi connectivity index (χ3v) is 8.75. The number of aromatic nitrogens is 1. The van der Waals surface area contributed by atoms with E-state index in [4.69, 9.17) is 5.73 Å². The number of carboxylic acids is 1. The lowest BCUT2D eigenvalue weighted by Crippen LogP contribution is -2.59. The number of hydrogen-bond acceptors (Lipinski definition) is 9. The summed E-state index contributed by atoms with van der Waals surface area (Å²) < 4.78 is 0. The Hall–Kier alpha value is -5.32. The molecule has 1 aromatic heterocycles. The molecule has 0 spiro atoms. The Labute approximate surface area is 301 Å². The van der Waals surface area contributed by atoms with Gasteiger partial charge < -0.3 is 52.6 Å². The third-order valence-electron chi connectivity index (χ3n) is 8.75. The van der Waals surface area contributed by atoms with Crippen LogP contribution in [0, 0.1) is 5.92 Å². The second kappa shape index (κ2) is 19.3. The van der Waals surface area contributed by atoms with Crippen molar-refractivity contribution in [1.82, 2.24) is 31.6 Å². The predicted octanol–water partition coefficient (Wildman–Crippen LogP) is -0.772. The first-order valence-corrected chi connectivity index (χ1v) is 17.0. The SMILES string of the molecule is CC[C@H](C)[C@H](NC(=O)CNC(=O)[C@H](Cc1ccccc1)NC(=O)[C@H](Cc1c[nH]c2ccccc12)NC(=O)[C@@H](N)[C@@H](C)O)C(=O)N[C@H](C(=O)O)[C@@H](C)O. The molecule has 1 heterocycles. The molecule has 0 aliphatic carbocycles. The Kier molecular flexibility index (Phi) is 15.3. The highest BCUT2D eigenvalue weighted by atomic mass is 16.4. The number of carbonyl (C=O) groups is 6. The smallest absolute Gasteiger partial charge is 0.328 e. The van der Waals surface area contributed by atoms with Crippen LogP contribution in [0.1, 0.15) is 45.2 Å². The predicted molar refractivity (Wildman–Crippen MR) is 191 cm³/mol. The Morgan fingerprint density at radius 3 is 1.96 bits per heavy atom. The molecule has 0 unspecified atom stereocenters. The van der Waals surface area contributed by atoms with Gasteiger partial charge in [-0.3, -0.25) is 24.0 Å². The van der Waals surface area contributed by atoms with Gasteiger partial charge >= 0.3 is 5.97 Å². The number of carbonyl (C=O) groups excluding carboxylic acids is 5. The minimum Gasteiger partial charge on any atom is -0.480 e. The molecule has 0 aliphatic rings. The number of nitrogens with two attached hydrogens (primary N) is 1. The molecule has 0 aliphatic heterocycles. The summed E-state index contributed by atoms with van der Waals surface area (Å²) >= 11 is 0. The summed E-state index contributed by atoms with van der Waals surface area (Å²) in [4.78, 5) is 81.1. The van der Waals surface area contributed by atoms with Crippen molar-refractivity contribution in [3.05, 3.63) is 71.9 Å². The van der Waals surface area contributed by atoms with Gasteiger partial charge in [0, 0.05) is 29.9 Å². The zero-order chi connectivity index (χ0) is 38.5. The molecule has 5 amide bonds.